The summed E-state index contributed by atoms with van der Waals surface area (Å²) >= 11 is 0. The van der Waals surface area contributed by atoms with Crippen molar-refractivity contribution in [3.8, 4) is 0 Å². The van der Waals surface area contributed by atoms with Crippen molar-refractivity contribution in [3.63, 3.8) is 0 Å². The predicted octanol–water partition coefficient (Wildman–Crippen LogP) is 2.43. The van der Waals surface area contributed by atoms with Gasteiger partial charge in [-0.05, 0) is 62.1 Å². The van der Waals surface area contributed by atoms with Crippen LogP contribution in [0.1, 0.15) is 61.9 Å². The van der Waals surface area contributed by atoms with Crippen molar-refractivity contribution in [1.29, 1.82) is 0 Å². The highest BCUT2D eigenvalue weighted by atomic mass is 19.1. The van der Waals surface area contributed by atoms with Gasteiger partial charge in [0.05, 0.1) is 12.1 Å². The second-order valence-corrected chi connectivity index (χ2v) is 10.6. The Balaban J connectivity index is 1.62. The largest absolute Gasteiger partial charge is 0.355 e. The van der Waals surface area contributed by atoms with Crippen molar-refractivity contribution in [2.24, 2.45) is 11.8 Å². The van der Waals surface area contributed by atoms with Crippen LogP contribution in [0.25, 0.3) is 0 Å². The van der Waals surface area contributed by atoms with Crippen molar-refractivity contribution in [1.82, 2.24) is 20.4 Å². The summed E-state index contributed by atoms with van der Waals surface area (Å²) in [6, 6.07) is 3.36. The van der Waals surface area contributed by atoms with Gasteiger partial charge in [-0.3, -0.25) is 19.2 Å². The van der Waals surface area contributed by atoms with E-state index in [0.29, 0.717) is 51.6 Å². The molecule has 1 aliphatic carbocycles. The van der Waals surface area contributed by atoms with Crippen LogP contribution < -0.4 is 10.6 Å². The third kappa shape index (κ3) is 6.37. The maximum atomic E-state index is 14.7. The van der Waals surface area contributed by atoms with Gasteiger partial charge < -0.3 is 20.4 Å². The number of aryl methyl sites for hydroxylation is 1. The highest BCUT2D eigenvalue weighted by Gasteiger charge is 2.37. The van der Waals surface area contributed by atoms with Crippen LogP contribution >= 0.6 is 0 Å². The minimum atomic E-state index is -0.709. The molecule has 0 unspecified atom stereocenters. The zero-order chi connectivity index (χ0) is 26.5. The Morgan fingerprint density at radius 2 is 1.86 bits per heavy atom. The van der Waals surface area contributed by atoms with E-state index >= 15 is 0 Å². The van der Waals surface area contributed by atoms with Crippen LogP contribution in [0, 0.1) is 17.7 Å². The molecular formula is C28H37FN4O4. The van der Waals surface area contributed by atoms with Gasteiger partial charge in [0, 0.05) is 31.6 Å². The molecule has 2 atom stereocenters. The molecule has 0 aromatic heterocycles. The van der Waals surface area contributed by atoms with Crippen LogP contribution in [-0.2, 0) is 20.8 Å². The van der Waals surface area contributed by atoms with Crippen LogP contribution in [-0.4, -0.2) is 71.7 Å². The summed E-state index contributed by atoms with van der Waals surface area (Å²) in [5.41, 5.74) is 0.752. The van der Waals surface area contributed by atoms with Gasteiger partial charge in [-0.25, -0.2) is 4.39 Å². The van der Waals surface area contributed by atoms with E-state index in [1.807, 2.05) is 26.0 Å². The van der Waals surface area contributed by atoms with Crippen molar-refractivity contribution in [2.75, 3.05) is 26.2 Å². The van der Waals surface area contributed by atoms with Crippen molar-refractivity contribution in [3.05, 3.63) is 47.3 Å². The smallest absolute Gasteiger partial charge is 0.257 e. The van der Waals surface area contributed by atoms with Gasteiger partial charge >= 0.3 is 0 Å². The highest BCUT2D eigenvalue weighted by molar-refractivity contribution is 5.98. The fourth-order valence-corrected chi connectivity index (χ4v) is 5.33. The maximum Gasteiger partial charge on any atom is 0.257 e. The van der Waals surface area contributed by atoms with Gasteiger partial charge in [0.1, 0.15) is 11.9 Å². The standard InChI is InChI=1S/C28H37FN4O4/c1-18(2)23-16-32(27(36)20-8-3-4-9-20)17-25(34)30-13-5-7-19-11-12-22(29)21(15-19)28(37)33-14-6-10-24(33)26(35)31-23/h3-4,11-12,15,18,20,23-24H,5-10,13-14,16-17H2,1-2H3,(H,30,34)(H,31,35)/t23-,24-/m0/s1. The number of hydrogen-bond acceptors (Lipinski definition) is 4. The average molecular weight is 513 g/mol. The summed E-state index contributed by atoms with van der Waals surface area (Å²) in [4.78, 5) is 55.9. The fraction of sp³-hybridized carbons (Fsp3) is 0.571. The molecule has 1 fully saturated rings. The number of carbonyl (C=O) groups excluding carboxylic acids is 4. The molecule has 2 heterocycles. The van der Waals surface area contributed by atoms with Gasteiger partial charge in [0.15, 0.2) is 0 Å². The third-order valence-corrected chi connectivity index (χ3v) is 7.59. The van der Waals surface area contributed by atoms with Crippen LogP contribution in [0.2, 0.25) is 0 Å². The first-order valence-corrected chi connectivity index (χ1v) is 13.3. The molecule has 9 heteroatoms. The second kappa shape index (κ2) is 11.9. The minimum absolute atomic E-state index is 0.0224. The normalized spacial score (nSPS) is 24.2. The molecule has 200 valence electrons. The number of nitrogens with zero attached hydrogens (tertiary/aromatic N) is 2. The maximum absolute atomic E-state index is 14.7. The van der Waals surface area contributed by atoms with E-state index in [2.05, 4.69) is 10.6 Å². The average Bonchev–Trinajstić information content (AvgIpc) is 3.58. The Kier molecular flexibility index (Phi) is 8.61. The van der Waals surface area contributed by atoms with Crippen LogP contribution in [0.3, 0.4) is 0 Å². The quantitative estimate of drug-likeness (QED) is 0.595. The first kappa shape index (κ1) is 26.8. The summed E-state index contributed by atoms with van der Waals surface area (Å²) in [7, 11) is 0. The van der Waals surface area contributed by atoms with E-state index in [1.165, 1.54) is 11.0 Å². The van der Waals surface area contributed by atoms with Gasteiger partial charge in [0.2, 0.25) is 17.7 Å². The molecular weight excluding hydrogens is 475 g/mol. The minimum Gasteiger partial charge on any atom is -0.355 e. The first-order chi connectivity index (χ1) is 17.7. The molecule has 0 spiro atoms. The molecule has 1 aromatic rings. The SMILES string of the molecule is CC(C)[C@@H]1CN(C(=O)C2CC=CC2)CC(=O)NCCCc2ccc(F)c(c2)C(=O)N2CCC[C@H]2C(=O)N1. The number of carbonyl (C=O) groups is 4. The van der Waals surface area contributed by atoms with Crippen molar-refractivity contribution < 1.29 is 23.6 Å². The van der Waals surface area contributed by atoms with E-state index in [-0.39, 0.29) is 48.2 Å². The van der Waals surface area contributed by atoms with E-state index in [1.54, 1.807) is 17.0 Å². The lowest BCUT2D eigenvalue weighted by atomic mass is 10.0. The van der Waals surface area contributed by atoms with Crippen LogP contribution in [0.15, 0.2) is 30.4 Å². The lowest BCUT2D eigenvalue weighted by molar-refractivity contribution is -0.140. The predicted molar refractivity (Wildman–Crippen MR) is 137 cm³/mol. The lowest BCUT2D eigenvalue weighted by Gasteiger charge is -2.33. The topological polar surface area (TPSA) is 98.8 Å². The molecule has 0 radical (unpaired) electrons. The number of nitrogens with one attached hydrogen (secondary N) is 2. The van der Waals surface area contributed by atoms with Gasteiger partial charge in [-0.15, -0.1) is 0 Å². The summed E-state index contributed by atoms with van der Waals surface area (Å²) in [5, 5.41) is 5.93. The summed E-state index contributed by atoms with van der Waals surface area (Å²) in [5.74, 6) is -1.98. The fourth-order valence-electron chi connectivity index (χ4n) is 5.33. The number of halogens is 1. The Hall–Kier alpha value is -3.23. The van der Waals surface area contributed by atoms with Crippen LogP contribution in [0.5, 0.6) is 0 Å². The number of rotatable bonds is 2. The van der Waals surface area contributed by atoms with Gasteiger partial charge in [-0.2, -0.15) is 0 Å². The second-order valence-electron chi connectivity index (χ2n) is 10.6. The van der Waals surface area contributed by atoms with Gasteiger partial charge in [-0.1, -0.05) is 32.1 Å². The Labute approximate surface area is 217 Å². The Bertz CT molecular complexity index is 1060. The summed E-state index contributed by atoms with van der Waals surface area (Å²) in [6.45, 7) is 4.79. The zero-order valence-electron chi connectivity index (χ0n) is 21.7. The molecule has 3 aliphatic rings. The van der Waals surface area contributed by atoms with E-state index < -0.39 is 23.8 Å². The molecule has 2 aliphatic heterocycles. The van der Waals surface area contributed by atoms with Crippen molar-refractivity contribution >= 4 is 23.6 Å². The molecule has 2 bridgehead atoms. The molecule has 2 N–H and O–H groups in total. The molecule has 8 nitrogen and oxygen atoms in total. The molecule has 1 aromatic carbocycles. The number of fused-ring (bicyclic) bond motifs is 3. The zero-order valence-corrected chi connectivity index (χ0v) is 21.7. The highest BCUT2D eigenvalue weighted by Crippen LogP contribution is 2.24. The lowest BCUT2D eigenvalue weighted by Crippen LogP contribution is -2.55. The number of benzene rings is 1. The van der Waals surface area contributed by atoms with Gasteiger partial charge in [0.25, 0.3) is 5.91 Å². The molecule has 37 heavy (non-hydrogen) atoms. The third-order valence-electron chi connectivity index (χ3n) is 7.59. The van der Waals surface area contributed by atoms with E-state index in [9.17, 15) is 23.6 Å². The Morgan fingerprint density at radius 1 is 1.11 bits per heavy atom. The molecule has 4 amide bonds. The number of amides is 4. The molecule has 4 rings (SSSR count). The molecule has 0 saturated carbocycles. The van der Waals surface area contributed by atoms with E-state index in [4.69, 9.17) is 0 Å². The Morgan fingerprint density at radius 3 is 2.59 bits per heavy atom. The van der Waals surface area contributed by atoms with E-state index in [0.717, 1.165) is 5.56 Å². The number of allylic oxidation sites excluding steroid dienone is 2. The first-order valence-electron chi connectivity index (χ1n) is 13.3. The monoisotopic (exact) mass is 512 g/mol. The van der Waals surface area contributed by atoms with Crippen molar-refractivity contribution in [2.45, 2.75) is 64.5 Å². The summed E-state index contributed by atoms with van der Waals surface area (Å²) < 4.78 is 14.7. The van der Waals surface area contributed by atoms with Crippen LogP contribution in [0.4, 0.5) is 4.39 Å². The summed E-state index contributed by atoms with van der Waals surface area (Å²) in [6.07, 6.45) is 7.54. The number of hydrogen-bond donors (Lipinski definition) is 2. The molecule has 1 saturated heterocycles.